The van der Waals surface area contributed by atoms with Gasteiger partial charge in [0.1, 0.15) is 10.0 Å². The molecule has 100 valence electrons. The van der Waals surface area contributed by atoms with Gasteiger partial charge in [0.15, 0.2) is 0 Å². The summed E-state index contributed by atoms with van der Waals surface area (Å²) < 4.78 is 26.9. The third-order valence-electron chi connectivity index (χ3n) is 3.21. The van der Waals surface area contributed by atoms with E-state index in [1.165, 1.54) is 18.3 Å². The number of sulfonamides is 1. The lowest BCUT2D eigenvalue weighted by molar-refractivity contribution is 0.213. The normalized spacial score (nSPS) is 24.3. The van der Waals surface area contributed by atoms with Crippen molar-refractivity contribution in [2.45, 2.75) is 30.2 Å². The minimum absolute atomic E-state index is 0.00599. The predicted octanol–water partition coefficient (Wildman–Crippen LogP) is 1.17. The van der Waals surface area contributed by atoms with E-state index in [9.17, 15) is 13.5 Å². The molecule has 5 nitrogen and oxygen atoms in total. The molecular formula is C11H15ClN2O3S. The minimum atomic E-state index is -3.67. The van der Waals surface area contributed by atoms with Crippen LogP contribution < -0.4 is 4.72 Å². The van der Waals surface area contributed by atoms with Crippen LogP contribution in [0.25, 0.3) is 0 Å². The van der Waals surface area contributed by atoms with Gasteiger partial charge in [-0.2, -0.15) is 0 Å². The Morgan fingerprint density at radius 1 is 1.50 bits per heavy atom. The Kier molecular flexibility index (Phi) is 4.21. The number of halogens is 1. The quantitative estimate of drug-likeness (QED) is 0.816. The fraction of sp³-hybridized carbons (Fsp3) is 0.545. The van der Waals surface area contributed by atoms with Gasteiger partial charge in [0.25, 0.3) is 0 Å². The Hall–Kier alpha value is -0.690. The molecule has 0 amide bonds. The van der Waals surface area contributed by atoms with Crippen LogP contribution in [0.15, 0.2) is 23.2 Å². The first-order valence-corrected chi connectivity index (χ1v) is 7.64. The third-order valence-corrected chi connectivity index (χ3v) is 5.15. The number of aliphatic hydroxyl groups excluding tert-OH is 1. The maximum Gasteiger partial charge on any atom is 0.243 e. The molecule has 2 unspecified atom stereocenters. The second-order valence-corrected chi connectivity index (χ2v) is 6.43. The predicted molar refractivity (Wildman–Crippen MR) is 67.8 cm³/mol. The number of aliphatic hydroxyl groups is 1. The lowest BCUT2D eigenvalue weighted by Crippen LogP contribution is -2.38. The van der Waals surface area contributed by atoms with Crippen molar-refractivity contribution in [3.8, 4) is 0 Å². The fourth-order valence-electron chi connectivity index (χ4n) is 2.25. The van der Waals surface area contributed by atoms with Crippen LogP contribution in [-0.4, -0.2) is 31.2 Å². The zero-order valence-electron chi connectivity index (χ0n) is 9.71. The number of hydrogen-bond acceptors (Lipinski definition) is 4. The van der Waals surface area contributed by atoms with Gasteiger partial charge in [-0.05, 0) is 30.9 Å². The molecule has 18 heavy (non-hydrogen) atoms. The molecule has 2 N–H and O–H groups in total. The van der Waals surface area contributed by atoms with Gasteiger partial charge in [0.05, 0.1) is 0 Å². The Bertz CT molecular complexity index is 521. The first-order chi connectivity index (χ1) is 8.54. The van der Waals surface area contributed by atoms with Crippen molar-refractivity contribution in [3.63, 3.8) is 0 Å². The van der Waals surface area contributed by atoms with Crippen molar-refractivity contribution in [2.24, 2.45) is 5.92 Å². The van der Waals surface area contributed by atoms with Gasteiger partial charge in [-0.1, -0.05) is 18.0 Å². The van der Waals surface area contributed by atoms with Gasteiger partial charge in [0, 0.05) is 18.8 Å². The summed E-state index contributed by atoms with van der Waals surface area (Å²) >= 11 is 5.78. The number of aromatic nitrogens is 1. The summed E-state index contributed by atoms with van der Waals surface area (Å²) in [6.07, 6.45) is 3.93. The molecule has 1 aromatic rings. The van der Waals surface area contributed by atoms with Gasteiger partial charge in [0.2, 0.25) is 10.0 Å². The fourth-order valence-corrected chi connectivity index (χ4v) is 4.04. The van der Waals surface area contributed by atoms with Crippen LogP contribution in [0.5, 0.6) is 0 Å². The first-order valence-electron chi connectivity index (χ1n) is 5.78. The van der Waals surface area contributed by atoms with Gasteiger partial charge >= 0.3 is 0 Å². The van der Waals surface area contributed by atoms with E-state index in [4.69, 9.17) is 11.6 Å². The molecule has 1 aliphatic rings. The van der Waals surface area contributed by atoms with E-state index in [0.717, 1.165) is 19.3 Å². The van der Waals surface area contributed by atoms with Crippen LogP contribution in [0.4, 0.5) is 0 Å². The standard InChI is InChI=1S/C11H15ClN2O3S/c12-11-10(5-2-6-13-11)18(16,17)14-9-4-1-3-8(9)7-15/h2,5-6,8-9,14-15H,1,3-4,7H2. The van der Waals surface area contributed by atoms with Crippen LogP contribution in [0, 0.1) is 5.92 Å². The smallest absolute Gasteiger partial charge is 0.243 e. The zero-order valence-corrected chi connectivity index (χ0v) is 11.3. The summed E-state index contributed by atoms with van der Waals surface area (Å²) in [6.45, 7) is -0.00599. The topological polar surface area (TPSA) is 79.3 Å². The first kappa shape index (κ1) is 13.7. The van der Waals surface area contributed by atoms with E-state index >= 15 is 0 Å². The van der Waals surface area contributed by atoms with Crippen molar-refractivity contribution in [1.29, 1.82) is 0 Å². The molecule has 0 aromatic carbocycles. The number of nitrogens with zero attached hydrogens (tertiary/aromatic N) is 1. The maximum absolute atomic E-state index is 12.2. The summed E-state index contributed by atoms with van der Waals surface area (Å²) in [7, 11) is -3.67. The van der Waals surface area contributed by atoms with E-state index in [2.05, 4.69) is 9.71 Å². The molecule has 2 atom stereocenters. The molecular weight excluding hydrogens is 276 g/mol. The second-order valence-electron chi connectivity index (χ2n) is 4.39. The molecule has 0 bridgehead atoms. The Balaban J connectivity index is 2.20. The Morgan fingerprint density at radius 2 is 2.28 bits per heavy atom. The molecule has 1 fully saturated rings. The molecule has 1 saturated carbocycles. The molecule has 0 aliphatic heterocycles. The van der Waals surface area contributed by atoms with E-state index < -0.39 is 10.0 Å². The Morgan fingerprint density at radius 3 is 2.94 bits per heavy atom. The highest BCUT2D eigenvalue weighted by molar-refractivity contribution is 7.89. The number of pyridine rings is 1. The summed E-state index contributed by atoms with van der Waals surface area (Å²) in [5.74, 6) is -0.0183. The van der Waals surface area contributed by atoms with E-state index in [-0.39, 0.29) is 28.6 Å². The third kappa shape index (κ3) is 2.83. The van der Waals surface area contributed by atoms with Gasteiger partial charge in [-0.15, -0.1) is 0 Å². The largest absolute Gasteiger partial charge is 0.396 e. The van der Waals surface area contributed by atoms with E-state index in [0.29, 0.717) is 0 Å². The van der Waals surface area contributed by atoms with Crippen molar-refractivity contribution in [3.05, 3.63) is 23.5 Å². The summed E-state index contributed by atoms with van der Waals surface area (Å²) in [4.78, 5) is 3.74. The second kappa shape index (κ2) is 5.52. The lowest BCUT2D eigenvalue weighted by Gasteiger charge is -2.19. The van der Waals surface area contributed by atoms with Gasteiger partial charge in [-0.25, -0.2) is 18.1 Å². The summed E-state index contributed by atoms with van der Waals surface area (Å²) in [5.41, 5.74) is 0. The average Bonchev–Trinajstić information content (AvgIpc) is 2.76. The zero-order chi connectivity index (χ0) is 13.2. The molecule has 1 aliphatic carbocycles. The number of hydrogen-bond donors (Lipinski definition) is 2. The highest BCUT2D eigenvalue weighted by Gasteiger charge is 2.31. The minimum Gasteiger partial charge on any atom is -0.396 e. The molecule has 1 aromatic heterocycles. The van der Waals surface area contributed by atoms with E-state index in [1.54, 1.807) is 0 Å². The monoisotopic (exact) mass is 290 g/mol. The van der Waals surface area contributed by atoms with Crippen LogP contribution in [-0.2, 0) is 10.0 Å². The Labute approximate surface area is 111 Å². The van der Waals surface area contributed by atoms with Gasteiger partial charge < -0.3 is 5.11 Å². The SMILES string of the molecule is O=S(=O)(NC1CCCC1CO)c1cccnc1Cl. The van der Waals surface area contributed by atoms with Gasteiger partial charge in [-0.3, -0.25) is 0 Å². The van der Waals surface area contributed by atoms with Crippen LogP contribution in [0.2, 0.25) is 5.15 Å². The number of rotatable bonds is 4. The maximum atomic E-state index is 12.2. The van der Waals surface area contributed by atoms with Crippen LogP contribution in [0.1, 0.15) is 19.3 Å². The lowest BCUT2D eigenvalue weighted by atomic mass is 10.1. The van der Waals surface area contributed by atoms with Crippen molar-refractivity contribution < 1.29 is 13.5 Å². The van der Waals surface area contributed by atoms with E-state index in [1.807, 2.05) is 0 Å². The molecule has 0 spiro atoms. The van der Waals surface area contributed by atoms with Crippen LogP contribution >= 0.6 is 11.6 Å². The average molecular weight is 291 g/mol. The highest BCUT2D eigenvalue weighted by atomic mass is 35.5. The number of nitrogens with one attached hydrogen (secondary N) is 1. The molecule has 7 heteroatoms. The molecule has 0 saturated heterocycles. The van der Waals surface area contributed by atoms with Crippen molar-refractivity contribution in [2.75, 3.05) is 6.61 Å². The molecule has 0 radical (unpaired) electrons. The molecule has 1 heterocycles. The molecule has 2 rings (SSSR count). The van der Waals surface area contributed by atoms with Crippen molar-refractivity contribution in [1.82, 2.24) is 9.71 Å². The summed E-state index contributed by atoms with van der Waals surface area (Å²) in [5, 5.41) is 9.15. The van der Waals surface area contributed by atoms with Crippen LogP contribution in [0.3, 0.4) is 0 Å². The summed E-state index contributed by atoms with van der Waals surface area (Å²) in [6, 6.07) is 2.72. The highest BCUT2D eigenvalue weighted by Crippen LogP contribution is 2.27. The van der Waals surface area contributed by atoms with Crippen molar-refractivity contribution >= 4 is 21.6 Å².